The van der Waals surface area contributed by atoms with Crippen LogP contribution in [0.4, 0.5) is 0 Å². The van der Waals surface area contributed by atoms with E-state index in [2.05, 4.69) is 21.1 Å². The van der Waals surface area contributed by atoms with Crippen molar-refractivity contribution in [3.8, 4) is 0 Å². The summed E-state index contributed by atoms with van der Waals surface area (Å²) in [6, 6.07) is 16.1. The summed E-state index contributed by atoms with van der Waals surface area (Å²) in [7, 11) is 0. The molecule has 2 amide bonds. The summed E-state index contributed by atoms with van der Waals surface area (Å²) < 4.78 is 0. The van der Waals surface area contributed by atoms with Gasteiger partial charge in [0, 0.05) is 12.8 Å². The van der Waals surface area contributed by atoms with Crippen LogP contribution in [0.3, 0.4) is 0 Å². The van der Waals surface area contributed by atoms with Crippen molar-refractivity contribution in [3.63, 3.8) is 0 Å². The topological polar surface area (TPSA) is 82.9 Å². The Hall–Kier alpha value is -3.28. The van der Waals surface area contributed by atoms with Crippen LogP contribution in [-0.2, 0) is 9.59 Å². The van der Waals surface area contributed by atoms with Crippen LogP contribution in [0.25, 0.3) is 0 Å². The third-order valence-corrected chi connectivity index (χ3v) is 5.19. The van der Waals surface area contributed by atoms with Crippen LogP contribution in [0.1, 0.15) is 74.6 Å². The lowest BCUT2D eigenvalue weighted by atomic mass is 10.1. The number of carbonyl (C=O) groups excluding carboxylic acids is 2. The van der Waals surface area contributed by atoms with Crippen LogP contribution in [0.2, 0.25) is 0 Å². The summed E-state index contributed by atoms with van der Waals surface area (Å²) in [6.07, 6.45) is 4.20. The van der Waals surface area contributed by atoms with E-state index < -0.39 is 0 Å². The molecular weight excluding hydrogens is 400 g/mol. The van der Waals surface area contributed by atoms with Crippen LogP contribution in [0.15, 0.2) is 58.7 Å². The fourth-order valence-corrected chi connectivity index (χ4v) is 3.05. The van der Waals surface area contributed by atoms with Gasteiger partial charge in [-0.25, -0.2) is 10.9 Å². The van der Waals surface area contributed by atoms with Gasteiger partial charge in [0.15, 0.2) is 0 Å². The van der Waals surface area contributed by atoms with Crippen molar-refractivity contribution in [2.75, 3.05) is 0 Å². The third kappa shape index (κ3) is 9.25. The molecule has 2 rings (SSSR count). The van der Waals surface area contributed by atoms with E-state index in [4.69, 9.17) is 0 Å². The van der Waals surface area contributed by atoms with Crippen molar-refractivity contribution in [1.29, 1.82) is 0 Å². The first kappa shape index (κ1) is 25.0. The first-order chi connectivity index (χ1) is 15.3. The molecule has 0 bridgehead atoms. The Morgan fingerprint density at radius 1 is 0.625 bits per heavy atom. The molecule has 0 aliphatic carbocycles. The number of carbonyl (C=O) groups is 2. The molecule has 6 heteroatoms. The number of nitrogens with one attached hydrogen (secondary N) is 2. The highest BCUT2D eigenvalue weighted by molar-refractivity contribution is 5.99. The van der Waals surface area contributed by atoms with E-state index in [9.17, 15) is 9.59 Å². The summed E-state index contributed by atoms with van der Waals surface area (Å²) in [6.45, 7) is 7.82. The second-order valence-electron chi connectivity index (χ2n) is 8.11. The number of nitrogens with zero attached hydrogens (tertiary/aromatic N) is 2. The smallest absolute Gasteiger partial charge is 0.240 e. The Morgan fingerprint density at radius 2 is 0.969 bits per heavy atom. The minimum atomic E-state index is -0.0878. The van der Waals surface area contributed by atoms with Gasteiger partial charge in [0.2, 0.25) is 11.8 Å². The summed E-state index contributed by atoms with van der Waals surface area (Å²) in [5, 5.41) is 8.35. The van der Waals surface area contributed by atoms with Gasteiger partial charge in [-0.2, -0.15) is 10.2 Å². The van der Waals surface area contributed by atoms with Crippen LogP contribution >= 0.6 is 0 Å². The largest absolute Gasteiger partial charge is 0.273 e. The number of amides is 2. The molecule has 6 nitrogen and oxygen atoms in total. The molecule has 0 unspecified atom stereocenters. The number of aryl methyl sites for hydroxylation is 2. The number of rotatable bonds is 11. The molecule has 0 heterocycles. The zero-order valence-corrected chi connectivity index (χ0v) is 19.6. The molecule has 0 saturated carbocycles. The summed E-state index contributed by atoms with van der Waals surface area (Å²) in [5.74, 6) is -0.176. The molecule has 2 aromatic rings. The predicted octanol–water partition coefficient (Wildman–Crippen LogP) is 5.02. The molecule has 170 valence electrons. The van der Waals surface area contributed by atoms with Gasteiger partial charge < -0.3 is 0 Å². The molecule has 0 saturated heterocycles. The third-order valence-electron chi connectivity index (χ3n) is 5.19. The Labute approximate surface area is 191 Å². The zero-order chi connectivity index (χ0) is 23.3. The fourth-order valence-electron chi connectivity index (χ4n) is 3.05. The highest BCUT2D eigenvalue weighted by Crippen LogP contribution is 2.07. The maximum absolute atomic E-state index is 12.0. The van der Waals surface area contributed by atoms with Crippen molar-refractivity contribution in [2.24, 2.45) is 10.2 Å². The van der Waals surface area contributed by atoms with Crippen molar-refractivity contribution in [3.05, 3.63) is 70.8 Å². The minimum absolute atomic E-state index is 0.0878. The summed E-state index contributed by atoms with van der Waals surface area (Å²) in [4.78, 5) is 23.9. The maximum Gasteiger partial charge on any atom is 0.240 e. The Kier molecular flexibility index (Phi) is 10.3. The lowest BCUT2D eigenvalue weighted by molar-refractivity contribution is -0.122. The highest BCUT2D eigenvalue weighted by atomic mass is 16.2. The summed E-state index contributed by atoms with van der Waals surface area (Å²) >= 11 is 0. The number of hydrazone groups is 2. The van der Waals surface area contributed by atoms with Crippen LogP contribution < -0.4 is 10.9 Å². The van der Waals surface area contributed by atoms with Gasteiger partial charge in [0.05, 0.1) is 11.4 Å². The van der Waals surface area contributed by atoms with Gasteiger partial charge >= 0.3 is 0 Å². The monoisotopic (exact) mass is 434 g/mol. The SMILES string of the molecule is C/C(=N\NC(=O)CCCCCCC(=O)N/N=C(\C)c1ccc(C)cc1)c1ccc(C)cc1. The van der Waals surface area contributed by atoms with E-state index in [0.717, 1.165) is 48.2 Å². The van der Waals surface area contributed by atoms with Crippen LogP contribution in [0.5, 0.6) is 0 Å². The average molecular weight is 435 g/mol. The Morgan fingerprint density at radius 3 is 1.31 bits per heavy atom. The highest BCUT2D eigenvalue weighted by Gasteiger charge is 2.04. The lowest BCUT2D eigenvalue weighted by Crippen LogP contribution is -2.19. The molecule has 0 aromatic heterocycles. The van der Waals surface area contributed by atoms with Crippen molar-refractivity contribution < 1.29 is 9.59 Å². The van der Waals surface area contributed by atoms with E-state index in [1.807, 2.05) is 76.2 Å². The predicted molar refractivity (Wildman–Crippen MR) is 131 cm³/mol. The van der Waals surface area contributed by atoms with Gasteiger partial charge in [-0.3, -0.25) is 9.59 Å². The molecule has 0 spiro atoms. The van der Waals surface area contributed by atoms with E-state index >= 15 is 0 Å². The van der Waals surface area contributed by atoms with Crippen molar-refractivity contribution in [1.82, 2.24) is 10.9 Å². The second kappa shape index (κ2) is 13.2. The van der Waals surface area contributed by atoms with Crippen LogP contribution in [-0.4, -0.2) is 23.2 Å². The van der Waals surface area contributed by atoms with Crippen molar-refractivity contribution >= 4 is 23.2 Å². The molecule has 0 aliphatic rings. The molecule has 0 atom stereocenters. The van der Waals surface area contributed by atoms with E-state index in [1.165, 1.54) is 11.1 Å². The second-order valence-corrected chi connectivity index (χ2v) is 8.11. The van der Waals surface area contributed by atoms with Gasteiger partial charge in [0.25, 0.3) is 0 Å². The molecule has 0 fully saturated rings. The van der Waals surface area contributed by atoms with Gasteiger partial charge in [-0.15, -0.1) is 0 Å². The van der Waals surface area contributed by atoms with Gasteiger partial charge in [0.1, 0.15) is 0 Å². The molecule has 2 aromatic carbocycles. The number of benzene rings is 2. The fraction of sp³-hybridized carbons (Fsp3) is 0.385. The van der Waals surface area contributed by atoms with Crippen molar-refractivity contribution in [2.45, 2.75) is 66.2 Å². The zero-order valence-electron chi connectivity index (χ0n) is 19.6. The normalized spacial score (nSPS) is 11.9. The standard InChI is InChI=1S/C26H34N4O2/c1-19-11-15-23(16-12-19)21(3)27-29-25(31)9-7-5-6-8-10-26(32)30-28-22(4)24-17-13-20(2)14-18-24/h11-18H,5-10H2,1-4H3,(H,29,31)(H,30,32)/b27-21+,28-22+. The van der Waals surface area contributed by atoms with Crippen LogP contribution in [0, 0.1) is 13.8 Å². The first-order valence-corrected chi connectivity index (χ1v) is 11.2. The maximum atomic E-state index is 12.0. The van der Waals surface area contributed by atoms with Gasteiger partial charge in [-0.1, -0.05) is 72.5 Å². The molecular formula is C26H34N4O2. The number of hydrogen-bond acceptors (Lipinski definition) is 4. The first-order valence-electron chi connectivity index (χ1n) is 11.2. The number of hydrogen-bond donors (Lipinski definition) is 2. The number of unbranched alkanes of at least 4 members (excludes halogenated alkanes) is 3. The molecule has 2 N–H and O–H groups in total. The van der Waals surface area contributed by atoms with E-state index in [-0.39, 0.29) is 11.8 Å². The quantitative estimate of drug-likeness (QED) is 0.296. The lowest BCUT2D eigenvalue weighted by Gasteiger charge is -2.05. The van der Waals surface area contributed by atoms with E-state index in [1.54, 1.807) is 0 Å². The van der Waals surface area contributed by atoms with E-state index in [0.29, 0.717) is 12.8 Å². The Bertz CT molecular complexity index is 865. The molecule has 0 radical (unpaired) electrons. The molecule has 32 heavy (non-hydrogen) atoms. The Balaban J connectivity index is 1.57. The summed E-state index contributed by atoms with van der Waals surface area (Å²) in [5.41, 5.74) is 11.2. The minimum Gasteiger partial charge on any atom is -0.273 e. The molecule has 0 aliphatic heterocycles. The van der Waals surface area contributed by atoms with Gasteiger partial charge in [-0.05, 0) is 51.7 Å². The average Bonchev–Trinajstić information content (AvgIpc) is 2.79.